The highest BCUT2D eigenvalue weighted by Gasteiger charge is 2.18. The maximum absolute atomic E-state index is 8.89. The summed E-state index contributed by atoms with van der Waals surface area (Å²) in [4.78, 5) is 5.18. The Morgan fingerprint density at radius 3 is 2.79 bits per heavy atom. The van der Waals surface area contributed by atoms with E-state index in [1.165, 1.54) is 5.56 Å². The first-order valence-electron chi connectivity index (χ1n) is 4.75. The minimum absolute atomic E-state index is 0.273. The van der Waals surface area contributed by atoms with E-state index >= 15 is 0 Å². The van der Waals surface area contributed by atoms with E-state index < -0.39 is 0 Å². The highest BCUT2D eigenvalue weighted by atomic mass is 15.1. The number of nitriles is 1. The molecule has 0 fully saturated rings. The molecule has 3 heteroatoms. The highest BCUT2D eigenvalue weighted by Crippen LogP contribution is 2.15. The van der Waals surface area contributed by atoms with Gasteiger partial charge in [-0.25, -0.2) is 0 Å². The Labute approximate surface area is 85.3 Å². The zero-order valence-corrected chi connectivity index (χ0v) is 9.04. The van der Waals surface area contributed by atoms with Crippen LogP contribution in [0.4, 0.5) is 0 Å². The van der Waals surface area contributed by atoms with Gasteiger partial charge in [-0.3, -0.25) is 0 Å². The van der Waals surface area contributed by atoms with E-state index in [0.29, 0.717) is 0 Å². The highest BCUT2D eigenvalue weighted by molar-refractivity contribution is 5.08. The molecule has 1 aromatic heterocycles. The van der Waals surface area contributed by atoms with Gasteiger partial charge in [-0.05, 0) is 32.5 Å². The molecule has 0 aromatic carbocycles. The second kappa shape index (κ2) is 4.30. The van der Waals surface area contributed by atoms with Gasteiger partial charge in [-0.1, -0.05) is 0 Å². The van der Waals surface area contributed by atoms with E-state index in [-0.39, 0.29) is 5.41 Å². The van der Waals surface area contributed by atoms with Crippen molar-refractivity contribution in [2.24, 2.45) is 5.41 Å². The van der Waals surface area contributed by atoms with Gasteiger partial charge < -0.3 is 9.88 Å². The van der Waals surface area contributed by atoms with Crippen molar-refractivity contribution in [1.29, 1.82) is 5.26 Å². The maximum atomic E-state index is 8.89. The van der Waals surface area contributed by atoms with E-state index in [1.54, 1.807) is 0 Å². The molecule has 1 rings (SSSR count). The first kappa shape index (κ1) is 10.8. The minimum atomic E-state index is -0.273. The normalized spacial score (nSPS) is 11.6. The average Bonchev–Trinajstić information content (AvgIpc) is 2.55. The molecule has 1 heterocycles. The molecule has 1 N–H and O–H groups in total. The maximum Gasteiger partial charge on any atom is 0.0697 e. The number of nitrogens with zero attached hydrogens (tertiary/aromatic N) is 2. The fourth-order valence-corrected chi connectivity index (χ4v) is 1.53. The summed E-state index contributed by atoms with van der Waals surface area (Å²) < 4.78 is 0. The molecule has 0 amide bonds. The van der Waals surface area contributed by atoms with Crippen molar-refractivity contribution in [2.45, 2.75) is 20.4 Å². The van der Waals surface area contributed by atoms with E-state index in [4.69, 9.17) is 5.26 Å². The second-order valence-corrected chi connectivity index (χ2v) is 4.39. The van der Waals surface area contributed by atoms with Gasteiger partial charge in [-0.15, -0.1) is 0 Å². The molecule has 0 saturated heterocycles. The van der Waals surface area contributed by atoms with Crippen LogP contribution in [0.15, 0.2) is 18.5 Å². The minimum Gasteiger partial charge on any atom is -0.367 e. The molecule has 14 heavy (non-hydrogen) atoms. The summed E-state index contributed by atoms with van der Waals surface area (Å²) in [7, 11) is 2.03. The third-order valence-corrected chi connectivity index (χ3v) is 2.08. The third-order valence-electron chi connectivity index (χ3n) is 2.08. The van der Waals surface area contributed by atoms with Gasteiger partial charge in [0.15, 0.2) is 0 Å². The van der Waals surface area contributed by atoms with Crippen LogP contribution >= 0.6 is 0 Å². The van der Waals surface area contributed by atoms with Gasteiger partial charge >= 0.3 is 0 Å². The second-order valence-electron chi connectivity index (χ2n) is 4.39. The molecule has 0 aliphatic carbocycles. The van der Waals surface area contributed by atoms with Crippen LogP contribution in [0.5, 0.6) is 0 Å². The van der Waals surface area contributed by atoms with Crippen molar-refractivity contribution < 1.29 is 0 Å². The standard InChI is InChI=1S/C11H17N3/c1-11(2,8-12)9-14(3)7-10-4-5-13-6-10/h4-6,13H,7,9H2,1-3H3. The Kier molecular flexibility index (Phi) is 3.32. The van der Waals surface area contributed by atoms with Gasteiger partial charge in [0, 0.05) is 25.5 Å². The van der Waals surface area contributed by atoms with Crippen LogP contribution in [0, 0.1) is 16.7 Å². The van der Waals surface area contributed by atoms with Gasteiger partial charge in [0.25, 0.3) is 0 Å². The zero-order chi connectivity index (χ0) is 10.6. The number of aromatic nitrogens is 1. The largest absolute Gasteiger partial charge is 0.367 e. The lowest BCUT2D eigenvalue weighted by Gasteiger charge is -2.23. The molecule has 0 spiro atoms. The molecule has 0 unspecified atom stereocenters. The van der Waals surface area contributed by atoms with Crippen LogP contribution in [-0.4, -0.2) is 23.5 Å². The van der Waals surface area contributed by atoms with Gasteiger partial charge in [-0.2, -0.15) is 5.26 Å². The summed E-state index contributed by atoms with van der Waals surface area (Å²) in [5, 5.41) is 8.89. The lowest BCUT2D eigenvalue weighted by molar-refractivity contribution is 0.249. The molecular formula is C11H17N3. The van der Waals surface area contributed by atoms with Crippen LogP contribution in [0.3, 0.4) is 0 Å². The Morgan fingerprint density at radius 1 is 1.57 bits per heavy atom. The molecule has 0 aliphatic heterocycles. The van der Waals surface area contributed by atoms with Crippen molar-refractivity contribution in [3.8, 4) is 6.07 Å². The fraction of sp³-hybridized carbons (Fsp3) is 0.545. The molecule has 76 valence electrons. The van der Waals surface area contributed by atoms with Crippen molar-refractivity contribution in [3.05, 3.63) is 24.0 Å². The Bertz CT molecular complexity index is 306. The summed E-state index contributed by atoms with van der Waals surface area (Å²) in [6.07, 6.45) is 3.90. The Balaban J connectivity index is 2.45. The predicted molar refractivity (Wildman–Crippen MR) is 56.5 cm³/mol. The van der Waals surface area contributed by atoms with E-state index in [0.717, 1.165) is 13.1 Å². The van der Waals surface area contributed by atoms with E-state index in [9.17, 15) is 0 Å². The average molecular weight is 191 g/mol. The summed E-state index contributed by atoms with van der Waals surface area (Å²) >= 11 is 0. The molecule has 0 atom stereocenters. The topological polar surface area (TPSA) is 42.8 Å². The summed E-state index contributed by atoms with van der Waals surface area (Å²) in [5.41, 5.74) is 0.978. The molecule has 3 nitrogen and oxygen atoms in total. The molecule has 0 saturated carbocycles. The summed E-state index contributed by atoms with van der Waals surface area (Å²) in [6.45, 7) is 5.59. The Hall–Kier alpha value is -1.27. The third kappa shape index (κ3) is 3.23. The predicted octanol–water partition coefficient (Wildman–Crippen LogP) is 2.00. The first-order chi connectivity index (χ1) is 6.53. The van der Waals surface area contributed by atoms with Gasteiger partial charge in [0.2, 0.25) is 0 Å². The van der Waals surface area contributed by atoms with E-state index in [1.807, 2.05) is 33.3 Å². The first-order valence-corrected chi connectivity index (χ1v) is 4.75. The molecule has 1 aromatic rings. The molecule has 0 bridgehead atoms. The molecular weight excluding hydrogens is 174 g/mol. The van der Waals surface area contributed by atoms with Crippen LogP contribution in [-0.2, 0) is 6.54 Å². The number of hydrogen-bond donors (Lipinski definition) is 1. The van der Waals surface area contributed by atoms with Crippen LogP contribution in [0.25, 0.3) is 0 Å². The SMILES string of the molecule is CN(Cc1cc[nH]c1)CC(C)(C)C#N. The smallest absolute Gasteiger partial charge is 0.0697 e. The number of rotatable bonds is 4. The quantitative estimate of drug-likeness (QED) is 0.791. The van der Waals surface area contributed by atoms with Crippen LogP contribution in [0.1, 0.15) is 19.4 Å². The monoisotopic (exact) mass is 191 g/mol. The summed E-state index contributed by atoms with van der Waals surface area (Å²) in [6, 6.07) is 4.35. The van der Waals surface area contributed by atoms with Gasteiger partial charge in [0.1, 0.15) is 0 Å². The fourth-order valence-electron chi connectivity index (χ4n) is 1.53. The molecule has 0 radical (unpaired) electrons. The van der Waals surface area contributed by atoms with Crippen LogP contribution in [0.2, 0.25) is 0 Å². The van der Waals surface area contributed by atoms with Gasteiger partial charge in [0.05, 0.1) is 11.5 Å². The van der Waals surface area contributed by atoms with Crippen molar-refractivity contribution in [1.82, 2.24) is 9.88 Å². The van der Waals surface area contributed by atoms with E-state index in [2.05, 4.69) is 22.0 Å². The van der Waals surface area contributed by atoms with Crippen molar-refractivity contribution in [2.75, 3.05) is 13.6 Å². The molecule has 0 aliphatic rings. The van der Waals surface area contributed by atoms with Crippen LogP contribution < -0.4 is 0 Å². The Morgan fingerprint density at radius 2 is 2.29 bits per heavy atom. The number of hydrogen-bond acceptors (Lipinski definition) is 2. The summed E-state index contributed by atoms with van der Waals surface area (Å²) in [5.74, 6) is 0. The number of nitrogens with one attached hydrogen (secondary N) is 1. The lowest BCUT2D eigenvalue weighted by Crippen LogP contribution is -2.29. The van der Waals surface area contributed by atoms with Crippen molar-refractivity contribution in [3.63, 3.8) is 0 Å². The van der Waals surface area contributed by atoms with Crippen molar-refractivity contribution >= 4 is 0 Å². The lowest BCUT2D eigenvalue weighted by atomic mass is 9.95. The number of aromatic amines is 1. The number of H-pyrrole nitrogens is 1. The zero-order valence-electron chi connectivity index (χ0n) is 9.04.